The Morgan fingerprint density at radius 3 is 2.78 bits per heavy atom. The van der Waals surface area contributed by atoms with E-state index in [-0.39, 0.29) is 0 Å². The standard InChI is InChI=1S/C20H19N5OS/c1-13-4-11-27-20(13)15-12-17(25-7-9-26-10-8-25)23-18-14(15)2-5-21-19(18)16-3-6-22-24-16/h2-6,11-12H,7-10H2,1H3,(H,22,24). The molecule has 0 atom stereocenters. The maximum Gasteiger partial charge on any atom is 0.130 e. The van der Waals surface area contributed by atoms with Crippen molar-refractivity contribution in [3.05, 3.63) is 47.6 Å². The molecular weight excluding hydrogens is 358 g/mol. The minimum Gasteiger partial charge on any atom is -0.378 e. The summed E-state index contributed by atoms with van der Waals surface area (Å²) in [6.45, 7) is 5.31. The van der Waals surface area contributed by atoms with Gasteiger partial charge in [0.2, 0.25) is 0 Å². The van der Waals surface area contributed by atoms with Crippen LogP contribution >= 0.6 is 11.3 Å². The number of aromatic amines is 1. The highest BCUT2D eigenvalue weighted by molar-refractivity contribution is 7.13. The molecular formula is C20H19N5OS. The fraction of sp³-hybridized carbons (Fsp3) is 0.250. The second-order valence-corrected chi connectivity index (χ2v) is 7.50. The van der Waals surface area contributed by atoms with Crippen LogP contribution in [-0.4, -0.2) is 46.5 Å². The molecule has 1 fully saturated rings. The summed E-state index contributed by atoms with van der Waals surface area (Å²) in [5.74, 6) is 0.974. The van der Waals surface area contributed by atoms with Crippen LogP contribution in [0, 0.1) is 6.92 Å². The highest BCUT2D eigenvalue weighted by atomic mass is 32.1. The molecule has 0 spiro atoms. The number of hydrogen-bond donors (Lipinski definition) is 1. The monoisotopic (exact) mass is 377 g/mol. The van der Waals surface area contributed by atoms with Gasteiger partial charge in [-0.3, -0.25) is 10.1 Å². The fourth-order valence-corrected chi connectivity index (χ4v) is 4.47. The minimum absolute atomic E-state index is 0.730. The summed E-state index contributed by atoms with van der Waals surface area (Å²) < 4.78 is 5.52. The molecule has 4 aromatic rings. The zero-order valence-corrected chi connectivity index (χ0v) is 15.8. The molecule has 0 unspecified atom stereocenters. The van der Waals surface area contributed by atoms with E-state index in [0.717, 1.165) is 54.4 Å². The average molecular weight is 377 g/mol. The highest BCUT2D eigenvalue weighted by Gasteiger charge is 2.19. The van der Waals surface area contributed by atoms with Gasteiger partial charge in [0, 0.05) is 41.3 Å². The summed E-state index contributed by atoms with van der Waals surface area (Å²) in [4.78, 5) is 13.2. The maximum atomic E-state index is 5.52. The van der Waals surface area contributed by atoms with Crippen LogP contribution < -0.4 is 4.90 Å². The van der Waals surface area contributed by atoms with Gasteiger partial charge in [-0.2, -0.15) is 5.10 Å². The van der Waals surface area contributed by atoms with Gasteiger partial charge in [0.1, 0.15) is 17.0 Å². The van der Waals surface area contributed by atoms with Gasteiger partial charge >= 0.3 is 0 Å². The minimum atomic E-state index is 0.730. The molecule has 6 nitrogen and oxygen atoms in total. The molecule has 4 aromatic heterocycles. The average Bonchev–Trinajstić information content (AvgIpc) is 3.39. The number of thiophene rings is 1. The SMILES string of the molecule is Cc1ccsc1-c1cc(N2CCOCC2)nc2c(-c3ccn[nH]3)nccc12. The molecule has 136 valence electrons. The number of nitrogens with one attached hydrogen (secondary N) is 1. The van der Waals surface area contributed by atoms with Crippen LogP contribution in [0.5, 0.6) is 0 Å². The molecule has 5 rings (SSSR count). The molecule has 1 saturated heterocycles. The van der Waals surface area contributed by atoms with E-state index in [2.05, 4.69) is 50.6 Å². The number of fused-ring (bicyclic) bond motifs is 1. The van der Waals surface area contributed by atoms with Crippen LogP contribution in [0.3, 0.4) is 0 Å². The van der Waals surface area contributed by atoms with E-state index in [1.54, 1.807) is 17.5 Å². The lowest BCUT2D eigenvalue weighted by molar-refractivity contribution is 0.122. The summed E-state index contributed by atoms with van der Waals surface area (Å²) in [6, 6.07) is 8.36. The van der Waals surface area contributed by atoms with Crippen molar-refractivity contribution < 1.29 is 4.74 Å². The first-order valence-electron chi connectivity index (χ1n) is 8.98. The van der Waals surface area contributed by atoms with Gasteiger partial charge in [-0.05, 0) is 42.1 Å². The van der Waals surface area contributed by atoms with Crippen LogP contribution in [-0.2, 0) is 4.74 Å². The Labute approximate surface area is 160 Å². The van der Waals surface area contributed by atoms with Gasteiger partial charge in [-0.25, -0.2) is 4.98 Å². The van der Waals surface area contributed by atoms with Gasteiger partial charge < -0.3 is 9.64 Å². The maximum absolute atomic E-state index is 5.52. The van der Waals surface area contributed by atoms with Crippen molar-refractivity contribution in [2.45, 2.75) is 6.92 Å². The van der Waals surface area contributed by atoms with Gasteiger partial charge in [0.25, 0.3) is 0 Å². The first-order valence-corrected chi connectivity index (χ1v) is 9.86. The fourth-order valence-electron chi connectivity index (χ4n) is 3.51. The number of nitrogens with zero attached hydrogens (tertiary/aromatic N) is 4. The molecule has 0 bridgehead atoms. The van der Waals surface area contributed by atoms with E-state index < -0.39 is 0 Å². The third kappa shape index (κ3) is 2.89. The lowest BCUT2D eigenvalue weighted by Crippen LogP contribution is -2.36. The second-order valence-electron chi connectivity index (χ2n) is 6.59. The molecule has 0 amide bonds. The summed E-state index contributed by atoms with van der Waals surface area (Å²) in [5, 5.41) is 10.4. The third-order valence-electron chi connectivity index (χ3n) is 4.91. The van der Waals surface area contributed by atoms with E-state index in [0.29, 0.717) is 0 Å². The number of aromatic nitrogens is 4. The Morgan fingerprint density at radius 2 is 2.04 bits per heavy atom. The normalized spacial score (nSPS) is 14.8. The first kappa shape index (κ1) is 16.4. The second kappa shape index (κ2) is 6.75. The Hall–Kier alpha value is -2.77. The van der Waals surface area contributed by atoms with Crippen molar-refractivity contribution in [2.75, 3.05) is 31.2 Å². The lowest BCUT2D eigenvalue weighted by Gasteiger charge is -2.28. The summed E-state index contributed by atoms with van der Waals surface area (Å²) in [7, 11) is 0. The summed E-state index contributed by atoms with van der Waals surface area (Å²) in [5.41, 5.74) is 5.09. The number of aryl methyl sites for hydroxylation is 1. The topological polar surface area (TPSA) is 66.9 Å². The molecule has 0 saturated carbocycles. The molecule has 0 aromatic carbocycles. The molecule has 1 aliphatic heterocycles. The predicted molar refractivity (Wildman–Crippen MR) is 108 cm³/mol. The van der Waals surface area contributed by atoms with Crippen LogP contribution in [0.25, 0.3) is 32.7 Å². The van der Waals surface area contributed by atoms with Gasteiger partial charge in [0.05, 0.1) is 18.9 Å². The Kier molecular flexibility index (Phi) is 4.10. The van der Waals surface area contributed by atoms with Crippen molar-refractivity contribution in [3.8, 4) is 21.8 Å². The highest BCUT2D eigenvalue weighted by Crippen LogP contribution is 2.38. The smallest absolute Gasteiger partial charge is 0.130 e. The van der Waals surface area contributed by atoms with E-state index in [1.807, 2.05) is 12.3 Å². The molecule has 1 aliphatic rings. The number of ether oxygens (including phenoxy) is 1. The number of H-pyrrole nitrogens is 1. The van der Waals surface area contributed by atoms with Crippen LogP contribution in [0.2, 0.25) is 0 Å². The van der Waals surface area contributed by atoms with Crippen molar-refractivity contribution in [2.24, 2.45) is 0 Å². The number of pyridine rings is 2. The number of morpholine rings is 1. The molecule has 0 aliphatic carbocycles. The molecule has 7 heteroatoms. The van der Waals surface area contributed by atoms with Gasteiger partial charge in [-0.1, -0.05) is 0 Å². The predicted octanol–water partition coefficient (Wildman–Crippen LogP) is 3.89. The van der Waals surface area contributed by atoms with E-state index in [4.69, 9.17) is 9.72 Å². The molecule has 0 radical (unpaired) electrons. The van der Waals surface area contributed by atoms with E-state index in [1.165, 1.54) is 16.0 Å². The lowest BCUT2D eigenvalue weighted by atomic mass is 10.0. The van der Waals surface area contributed by atoms with E-state index >= 15 is 0 Å². The number of rotatable bonds is 3. The quantitative estimate of drug-likeness (QED) is 0.587. The van der Waals surface area contributed by atoms with Gasteiger partial charge in [0.15, 0.2) is 0 Å². The van der Waals surface area contributed by atoms with Crippen LogP contribution in [0.1, 0.15) is 5.56 Å². The third-order valence-corrected chi connectivity index (χ3v) is 5.96. The zero-order valence-electron chi connectivity index (χ0n) is 15.0. The van der Waals surface area contributed by atoms with Crippen molar-refractivity contribution in [1.29, 1.82) is 0 Å². The number of anilines is 1. The number of hydrogen-bond acceptors (Lipinski definition) is 6. The zero-order chi connectivity index (χ0) is 18.2. The Bertz CT molecular complexity index is 1080. The Balaban J connectivity index is 1.79. The molecule has 5 heterocycles. The largest absolute Gasteiger partial charge is 0.378 e. The first-order chi connectivity index (χ1) is 13.3. The van der Waals surface area contributed by atoms with Crippen molar-refractivity contribution in [3.63, 3.8) is 0 Å². The van der Waals surface area contributed by atoms with Crippen LogP contribution in [0.15, 0.2) is 42.0 Å². The summed E-state index contributed by atoms with van der Waals surface area (Å²) in [6.07, 6.45) is 3.59. The summed E-state index contributed by atoms with van der Waals surface area (Å²) >= 11 is 1.76. The van der Waals surface area contributed by atoms with E-state index in [9.17, 15) is 0 Å². The van der Waals surface area contributed by atoms with Gasteiger partial charge in [-0.15, -0.1) is 11.3 Å². The van der Waals surface area contributed by atoms with Crippen molar-refractivity contribution >= 4 is 28.1 Å². The Morgan fingerprint density at radius 1 is 1.15 bits per heavy atom. The molecule has 1 N–H and O–H groups in total. The molecule has 27 heavy (non-hydrogen) atoms. The van der Waals surface area contributed by atoms with Crippen molar-refractivity contribution in [1.82, 2.24) is 20.2 Å². The van der Waals surface area contributed by atoms with Crippen LogP contribution in [0.4, 0.5) is 5.82 Å².